The number of carbonyl (C=O) groups is 3. The van der Waals surface area contributed by atoms with Gasteiger partial charge in [-0.05, 0) is 50.8 Å². The molecule has 0 saturated carbocycles. The summed E-state index contributed by atoms with van der Waals surface area (Å²) in [4.78, 5) is 38.8. The molecule has 0 bridgehead atoms. The molecule has 4 amide bonds. The minimum absolute atomic E-state index is 0.0424. The topological polar surface area (TPSA) is 97.0 Å². The number of hydrogen-bond donors (Lipinski definition) is 2. The molecular formula is C22H31N3O5. The molecule has 8 heteroatoms. The fourth-order valence-corrected chi connectivity index (χ4v) is 4.14. The second-order valence-corrected chi connectivity index (χ2v) is 8.31. The van der Waals surface area contributed by atoms with Crippen LogP contribution in [-0.4, -0.2) is 61.7 Å². The van der Waals surface area contributed by atoms with Gasteiger partial charge in [0.1, 0.15) is 11.8 Å². The number of amides is 4. The zero-order chi connectivity index (χ0) is 21.7. The summed E-state index contributed by atoms with van der Waals surface area (Å²) in [5.41, 5.74) is 0.702. The Balaban J connectivity index is 1.72. The molecule has 1 aromatic rings. The van der Waals surface area contributed by atoms with Crippen molar-refractivity contribution in [1.82, 2.24) is 15.5 Å². The van der Waals surface area contributed by atoms with E-state index in [0.717, 1.165) is 24.2 Å². The lowest BCUT2D eigenvalue weighted by atomic mass is 9.73. The first kappa shape index (κ1) is 22.1. The number of carbonyl (C=O) groups excluding carboxylic acids is 3. The summed E-state index contributed by atoms with van der Waals surface area (Å²) in [6.45, 7) is 5.22. The van der Waals surface area contributed by atoms with Crippen LogP contribution in [0.3, 0.4) is 0 Å². The summed E-state index contributed by atoms with van der Waals surface area (Å²) < 4.78 is 10.8. The van der Waals surface area contributed by atoms with Gasteiger partial charge in [0.2, 0.25) is 5.91 Å². The van der Waals surface area contributed by atoms with Gasteiger partial charge in [-0.1, -0.05) is 12.1 Å². The molecule has 3 rings (SSSR count). The fourth-order valence-electron chi connectivity index (χ4n) is 4.14. The van der Waals surface area contributed by atoms with Crippen molar-refractivity contribution in [2.45, 2.75) is 57.0 Å². The van der Waals surface area contributed by atoms with Gasteiger partial charge in [-0.15, -0.1) is 0 Å². The lowest BCUT2D eigenvalue weighted by molar-refractivity contribution is -0.129. The quantitative estimate of drug-likeness (QED) is 0.631. The Morgan fingerprint density at radius 3 is 2.53 bits per heavy atom. The lowest BCUT2D eigenvalue weighted by Crippen LogP contribution is -2.47. The van der Waals surface area contributed by atoms with Crippen molar-refractivity contribution < 1.29 is 23.9 Å². The first-order valence-corrected chi connectivity index (χ1v) is 10.5. The number of nitrogens with zero attached hydrogens (tertiary/aromatic N) is 1. The van der Waals surface area contributed by atoms with Crippen molar-refractivity contribution >= 4 is 17.8 Å². The Hall–Kier alpha value is -2.61. The Kier molecular flexibility index (Phi) is 6.97. The Morgan fingerprint density at radius 1 is 1.27 bits per heavy atom. The minimum atomic E-state index is -0.664. The summed E-state index contributed by atoms with van der Waals surface area (Å²) in [6.07, 6.45) is 1.92. The summed E-state index contributed by atoms with van der Waals surface area (Å²) in [5.74, 6) is 0.372. The van der Waals surface area contributed by atoms with E-state index in [1.165, 1.54) is 4.90 Å². The van der Waals surface area contributed by atoms with Gasteiger partial charge in [0, 0.05) is 37.6 Å². The van der Waals surface area contributed by atoms with Crippen LogP contribution < -0.4 is 15.4 Å². The maximum atomic E-state index is 13.0. The summed E-state index contributed by atoms with van der Waals surface area (Å²) in [5, 5.41) is 5.55. The predicted molar refractivity (Wildman–Crippen MR) is 111 cm³/mol. The maximum Gasteiger partial charge on any atom is 0.324 e. The smallest absolute Gasteiger partial charge is 0.324 e. The highest BCUT2D eigenvalue weighted by Crippen LogP contribution is 2.37. The van der Waals surface area contributed by atoms with Crippen molar-refractivity contribution in [2.75, 3.05) is 26.9 Å². The van der Waals surface area contributed by atoms with Gasteiger partial charge in [0.05, 0.1) is 7.11 Å². The molecule has 2 fully saturated rings. The third-order valence-electron chi connectivity index (χ3n) is 5.83. The van der Waals surface area contributed by atoms with E-state index >= 15 is 0 Å². The number of hydrogen-bond acceptors (Lipinski definition) is 5. The predicted octanol–water partition coefficient (Wildman–Crippen LogP) is 1.97. The first-order valence-electron chi connectivity index (χ1n) is 10.5. The molecule has 0 spiro atoms. The van der Waals surface area contributed by atoms with E-state index in [9.17, 15) is 14.4 Å². The average Bonchev–Trinajstić information content (AvgIpc) is 3.00. The minimum Gasteiger partial charge on any atom is -0.497 e. The van der Waals surface area contributed by atoms with Crippen molar-refractivity contribution in [2.24, 2.45) is 0 Å². The van der Waals surface area contributed by atoms with E-state index in [0.29, 0.717) is 19.8 Å². The highest BCUT2D eigenvalue weighted by molar-refractivity contribution is 6.04. The van der Waals surface area contributed by atoms with Crippen molar-refractivity contribution in [1.29, 1.82) is 0 Å². The largest absolute Gasteiger partial charge is 0.497 e. The van der Waals surface area contributed by atoms with E-state index in [4.69, 9.17) is 9.47 Å². The maximum absolute atomic E-state index is 13.0. The van der Waals surface area contributed by atoms with Crippen LogP contribution in [0, 0.1) is 0 Å². The number of rotatable bonds is 8. The van der Waals surface area contributed by atoms with Gasteiger partial charge in [-0.2, -0.15) is 0 Å². The van der Waals surface area contributed by atoms with Crippen LogP contribution in [-0.2, 0) is 19.7 Å². The Morgan fingerprint density at radius 2 is 1.93 bits per heavy atom. The monoisotopic (exact) mass is 417 g/mol. The van der Waals surface area contributed by atoms with Gasteiger partial charge in [0.15, 0.2) is 0 Å². The number of methoxy groups -OCH3 is 1. The van der Waals surface area contributed by atoms with E-state index < -0.39 is 12.1 Å². The highest BCUT2D eigenvalue weighted by Gasteiger charge is 2.44. The number of urea groups is 1. The molecule has 2 heterocycles. The zero-order valence-electron chi connectivity index (χ0n) is 17.9. The third-order valence-corrected chi connectivity index (χ3v) is 5.83. The van der Waals surface area contributed by atoms with Crippen LogP contribution in [0.1, 0.15) is 45.1 Å². The van der Waals surface area contributed by atoms with Crippen LogP contribution in [0.5, 0.6) is 5.75 Å². The molecule has 2 N–H and O–H groups in total. The normalized spacial score (nSPS) is 20.9. The second-order valence-electron chi connectivity index (χ2n) is 8.31. The molecule has 0 unspecified atom stereocenters. The summed E-state index contributed by atoms with van der Waals surface area (Å²) in [6, 6.07) is 6.77. The van der Waals surface area contributed by atoms with E-state index in [1.54, 1.807) is 7.11 Å². The SMILES string of the molecule is COc1ccc(C2(CN3C(=O)N[C@H](CCC(=O)NC(C)C)C3=O)CCOCC2)cc1. The van der Waals surface area contributed by atoms with Gasteiger partial charge in [-0.3, -0.25) is 14.5 Å². The summed E-state index contributed by atoms with van der Waals surface area (Å²) in [7, 11) is 1.62. The molecule has 0 radical (unpaired) electrons. The molecule has 30 heavy (non-hydrogen) atoms. The Labute approximate surface area is 177 Å². The van der Waals surface area contributed by atoms with Crippen molar-refractivity contribution in [3.8, 4) is 5.75 Å². The molecule has 8 nitrogen and oxygen atoms in total. The van der Waals surface area contributed by atoms with Crippen molar-refractivity contribution in [3.05, 3.63) is 29.8 Å². The molecule has 1 aromatic carbocycles. The molecule has 2 saturated heterocycles. The standard InChI is InChI=1S/C22H31N3O5/c1-15(2)23-19(26)9-8-18-20(27)25(21(28)24-18)14-22(10-12-30-13-11-22)16-4-6-17(29-3)7-5-16/h4-7,15,18H,8-14H2,1-3H3,(H,23,26)(H,24,28)/t18-/m1/s1. The van der Waals surface area contributed by atoms with Crippen molar-refractivity contribution in [3.63, 3.8) is 0 Å². The molecule has 2 aliphatic rings. The number of ether oxygens (including phenoxy) is 2. The van der Waals surface area contributed by atoms with E-state index in [-0.39, 0.29) is 36.1 Å². The number of nitrogens with one attached hydrogen (secondary N) is 2. The Bertz CT molecular complexity index is 771. The third kappa shape index (κ3) is 4.92. The number of imide groups is 1. The van der Waals surface area contributed by atoms with Crippen LogP contribution in [0.15, 0.2) is 24.3 Å². The van der Waals surface area contributed by atoms with Crippen LogP contribution >= 0.6 is 0 Å². The second kappa shape index (κ2) is 9.47. The number of benzene rings is 1. The fraction of sp³-hybridized carbons (Fsp3) is 0.591. The molecule has 164 valence electrons. The van der Waals surface area contributed by atoms with Gasteiger partial charge < -0.3 is 20.1 Å². The van der Waals surface area contributed by atoms with Crippen LogP contribution in [0.2, 0.25) is 0 Å². The van der Waals surface area contributed by atoms with E-state index in [2.05, 4.69) is 10.6 Å². The van der Waals surface area contributed by atoms with E-state index in [1.807, 2.05) is 38.1 Å². The molecule has 0 aromatic heterocycles. The van der Waals surface area contributed by atoms with Gasteiger partial charge in [-0.25, -0.2) is 4.79 Å². The molecule has 2 aliphatic heterocycles. The lowest BCUT2D eigenvalue weighted by Gasteiger charge is -2.39. The molecule has 1 atom stereocenters. The van der Waals surface area contributed by atoms with Crippen LogP contribution in [0.4, 0.5) is 4.79 Å². The molecule has 0 aliphatic carbocycles. The average molecular weight is 418 g/mol. The first-order chi connectivity index (χ1) is 14.3. The zero-order valence-corrected chi connectivity index (χ0v) is 17.9. The summed E-state index contributed by atoms with van der Waals surface area (Å²) >= 11 is 0. The molecular weight excluding hydrogens is 386 g/mol. The highest BCUT2D eigenvalue weighted by atomic mass is 16.5. The van der Waals surface area contributed by atoms with Gasteiger partial charge >= 0.3 is 6.03 Å². The van der Waals surface area contributed by atoms with Gasteiger partial charge in [0.25, 0.3) is 5.91 Å². The van der Waals surface area contributed by atoms with Crippen LogP contribution in [0.25, 0.3) is 0 Å².